The van der Waals surface area contributed by atoms with Crippen molar-refractivity contribution >= 4 is 0 Å². The minimum Gasteiger partial charge on any atom is -0.508 e. The zero-order chi connectivity index (χ0) is 15.2. The van der Waals surface area contributed by atoms with Gasteiger partial charge in [-0.3, -0.25) is 4.90 Å². The zero-order valence-corrected chi connectivity index (χ0v) is 13.6. The molecule has 0 aromatic heterocycles. The number of phenolic OH excluding ortho intramolecular Hbond substituents is 1. The highest BCUT2D eigenvalue weighted by atomic mass is 16.5. The molecule has 1 N–H and O–H groups in total. The predicted octanol–water partition coefficient (Wildman–Crippen LogP) is 2.95. The van der Waals surface area contributed by atoms with Crippen molar-refractivity contribution in [3.05, 3.63) is 29.3 Å². The summed E-state index contributed by atoms with van der Waals surface area (Å²) in [6.07, 6.45) is 2.52. The van der Waals surface area contributed by atoms with Crippen LogP contribution in [0.25, 0.3) is 0 Å². The number of hydrogen-bond donors (Lipinski definition) is 1. The summed E-state index contributed by atoms with van der Waals surface area (Å²) in [4.78, 5) is 2.61. The molecule has 3 nitrogen and oxygen atoms in total. The molecule has 1 aliphatic carbocycles. The SMILES string of the molecule is CO[C@H](C)CN1CC[C@@]2(C)c3cc(O)ccc3C[C@@H]1[C@H]2C. The van der Waals surface area contributed by atoms with E-state index in [-0.39, 0.29) is 11.5 Å². The molecular formula is C18H27NO2. The molecule has 0 saturated carbocycles. The summed E-state index contributed by atoms with van der Waals surface area (Å²) >= 11 is 0. The van der Waals surface area contributed by atoms with E-state index >= 15 is 0 Å². The fourth-order valence-electron chi connectivity index (χ4n) is 4.33. The maximum Gasteiger partial charge on any atom is 0.115 e. The molecular weight excluding hydrogens is 262 g/mol. The van der Waals surface area contributed by atoms with Crippen molar-refractivity contribution < 1.29 is 9.84 Å². The molecule has 3 heteroatoms. The number of piperidine rings is 1. The molecule has 2 bridgehead atoms. The second kappa shape index (κ2) is 5.29. The van der Waals surface area contributed by atoms with Gasteiger partial charge >= 0.3 is 0 Å². The topological polar surface area (TPSA) is 32.7 Å². The molecule has 0 amide bonds. The van der Waals surface area contributed by atoms with Gasteiger partial charge in [-0.25, -0.2) is 0 Å². The molecule has 0 unspecified atom stereocenters. The van der Waals surface area contributed by atoms with Gasteiger partial charge in [0.25, 0.3) is 0 Å². The number of aromatic hydroxyl groups is 1. The molecule has 116 valence electrons. The van der Waals surface area contributed by atoms with Crippen LogP contribution in [0.3, 0.4) is 0 Å². The van der Waals surface area contributed by atoms with Crippen molar-refractivity contribution in [2.75, 3.05) is 20.2 Å². The standard InChI is InChI=1S/C18H27NO2/c1-12(21-4)11-19-8-7-18(3)13(2)17(19)9-14-5-6-15(20)10-16(14)18/h5-6,10,12-13,17,20H,7-9,11H2,1-4H3/t12-,13-,17-,18-/m1/s1. The van der Waals surface area contributed by atoms with Crippen LogP contribution in [0.1, 0.15) is 38.3 Å². The van der Waals surface area contributed by atoms with Crippen LogP contribution in [0, 0.1) is 5.92 Å². The number of benzene rings is 1. The lowest BCUT2D eigenvalue weighted by molar-refractivity contribution is -0.00624. The van der Waals surface area contributed by atoms with E-state index in [4.69, 9.17) is 4.74 Å². The maximum atomic E-state index is 9.86. The summed E-state index contributed by atoms with van der Waals surface area (Å²) < 4.78 is 5.46. The Labute approximate surface area is 127 Å². The van der Waals surface area contributed by atoms with Crippen LogP contribution < -0.4 is 0 Å². The van der Waals surface area contributed by atoms with Gasteiger partial charge in [0.05, 0.1) is 6.10 Å². The Bertz CT molecular complexity index is 530. The van der Waals surface area contributed by atoms with E-state index in [1.165, 1.54) is 11.1 Å². The Balaban J connectivity index is 1.94. The van der Waals surface area contributed by atoms with Gasteiger partial charge in [-0.2, -0.15) is 0 Å². The highest BCUT2D eigenvalue weighted by molar-refractivity contribution is 5.44. The van der Waals surface area contributed by atoms with Crippen molar-refractivity contribution in [1.82, 2.24) is 4.90 Å². The van der Waals surface area contributed by atoms with Gasteiger partial charge in [0.15, 0.2) is 0 Å². The average Bonchev–Trinajstić information content (AvgIpc) is 2.46. The number of rotatable bonds is 3. The molecule has 0 radical (unpaired) electrons. The Morgan fingerprint density at radius 3 is 2.95 bits per heavy atom. The number of hydrogen-bond acceptors (Lipinski definition) is 3. The van der Waals surface area contributed by atoms with Gasteiger partial charge in [0.1, 0.15) is 5.75 Å². The van der Waals surface area contributed by atoms with Crippen LogP contribution in [0.4, 0.5) is 0 Å². The first-order chi connectivity index (χ1) is 9.95. The highest BCUT2D eigenvalue weighted by Gasteiger charge is 2.48. The Kier molecular flexibility index (Phi) is 3.74. The molecule has 1 aromatic rings. The minimum atomic E-state index is 0.184. The van der Waals surface area contributed by atoms with Crippen LogP contribution in [0.15, 0.2) is 18.2 Å². The maximum absolute atomic E-state index is 9.86. The highest BCUT2D eigenvalue weighted by Crippen LogP contribution is 2.49. The molecule has 4 atom stereocenters. The Morgan fingerprint density at radius 1 is 1.48 bits per heavy atom. The number of methoxy groups -OCH3 is 1. The fraction of sp³-hybridized carbons (Fsp3) is 0.667. The fourth-order valence-corrected chi connectivity index (χ4v) is 4.33. The van der Waals surface area contributed by atoms with Crippen molar-refractivity contribution in [2.45, 2.75) is 51.2 Å². The van der Waals surface area contributed by atoms with Crippen molar-refractivity contribution in [2.24, 2.45) is 5.92 Å². The van der Waals surface area contributed by atoms with E-state index in [9.17, 15) is 5.11 Å². The molecule has 1 saturated heterocycles. The first-order valence-electron chi connectivity index (χ1n) is 8.05. The van der Waals surface area contributed by atoms with Crippen LogP contribution >= 0.6 is 0 Å². The van der Waals surface area contributed by atoms with E-state index < -0.39 is 0 Å². The summed E-state index contributed by atoms with van der Waals surface area (Å²) in [6, 6.07) is 6.52. The third-order valence-electron chi connectivity index (χ3n) is 6.00. The Morgan fingerprint density at radius 2 is 2.24 bits per heavy atom. The zero-order valence-electron chi connectivity index (χ0n) is 13.6. The minimum absolute atomic E-state index is 0.184. The smallest absolute Gasteiger partial charge is 0.115 e. The van der Waals surface area contributed by atoms with Gasteiger partial charge < -0.3 is 9.84 Å². The molecule has 1 aromatic carbocycles. The van der Waals surface area contributed by atoms with E-state index in [0.717, 1.165) is 25.9 Å². The lowest BCUT2D eigenvalue weighted by Crippen LogP contribution is -2.59. The van der Waals surface area contributed by atoms with E-state index in [1.54, 1.807) is 7.11 Å². The van der Waals surface area contributed by atoms with Crippen LogP contribution in [0.2, 0.25) is 0 Å². The summed E-state index contributed by atoms with van der Waals surface area (Å²) in [5.41, 5.74) is 2.96. The second-order valence-corrected chi connectivity index (χ2v) is 7.11. The van der Waals surface area contributed by atoms with Gasteiger partial charge in [0, 0.05) is 19.7 Å². The first kappa shape index (κ1) is 14.9. The summed E-state index contributed by atoms with van der Waals surface area (Å²) in [6.45, 7) is 9.02. The van der Waals surface area contributed by atoms with E-state index in [2.05, 4.69) is 31.7 Å². The normalized spacial score (nSPS) is 33.5. The van der Waals surface area contributed by atoms with Crippen molar-refractivity contribution in [3.8, 4) is 5.75 Å². The van der Waals surface area contributed by atoms with Gasteiger partial charge in [0.2, 0.25) is 0 Å². The van der Waals surface area contributed by atoms with Crippen LogP contribution in [-0.4, -0.2) is 42.4 Å². The summed E-state index contributed by atoms with van der Waals surface area (Å²) in [5.74, 6) is 1.00. The Hall–Kier alpha value is -1.06. The van der Waals surface area contributed by atoms with Crippen LogP contribution in [-0.2, 0) is 16.6 Å². The quantitative estimate of drug-likeness (QED) is 0.928. The average molecular weight is 289 g/mol. The monoisotopic (exact) mass is 289 g/mol. The molecule has 0 spiro atoms. The molecule has 2 aliphatic rings. The van der Waals surface area contributed by atoms with Crippen molar-refractivity contribution in [3.63, 3.8) is 0 Å². The number of ether oxygens (including phenoxy) is 1. The van der Waals surface area contributed by atoms with Crippen molar-refractivity contribution in [1.29, 1.82) is 0 Å². The third kappa shape index (κ3) is 2.36. The van der Waals surface area contributed by atoms with E-state index in [1.807, 2.05) is 12.1 Å². The number of phenols is 1. The van der Waals surface area contributed by atoms with Gasteiger partial charge in [-0.05, 0) is 60.9 Å². The largest absolute Gasteiger partial charge is 0.508 e. The number of nitrogens with zero attached hydrogens (tertiary/aromatic N) is 1. The van der Waals surface area contributed by atoms with Crippen LogP contribution in [0.5, 0.6) is 5.75 Å². The molecule has 21 heavy (non-hydrogen) atoms. The van der Waals surface area contributed by atoms with Gasteiger partial charge in [-0.1, -0.05) is 19.9 Å². The predicted molar refractivity (Wildman–Crippen MR) is 84.8 cm³/mol. The van der Waals surface area contributed by atoms with Gasteiger partial charge in [-0.15, -0.1) is 0 Å². The lowest BCUT2D eigenvalue weighted by Gasteiger charge is -2.55. The number of fused-ring (bicyclic) bond motifs is 4. The molecule has 1 heterocycles. The third-order valence-corrected chi connectivity index (χ3v) is 6.00. The summed E-state index contributed by atoms with van der Waals surface area (Å²) in [5, 5.41) is 9.86. The molecule has 1 aliphatic heterocycles. The lowest BCUT2D eigenvalue weighted by atomic mass is 9.59. The summed E-state index contributed by atoms with van der Waals surface area (Å²) in [7, 11) is 1.79. The first-order valence-corrected chi connectivity index (χ1v) is 8.05. The molecule has 3 rings (SSSR count). The molecule has 1 fully saturated rings. The van der Waals surface area contributed by atoms with E-state index in [0.29, 0.717) is 17.7 Å². The number of likely N-dealkylation sites (tertiary alicyclic amines) is 1. The second-order valence-electron chi connectivity index (χ2n) is 7.11.